The molecule has 9 rings (SSSR count). The zero-order valence-corrected chi connectivity index (χ0v) is 17.3. The van der Waals surface area contributed by atoms with Gasteiger partial charge in [-0.2, -0.15) is 0 Å². The first-order chi connectivity index (χ1) is 15.7. The Morgan fingerprint density at radius 2 is 0.606 bits per heavy atom. The van der Waals surface area contributed by atoms with Gasteiger partial charge in [0, 0.05) is 0 Å². The maximum atomic E-state index is 10.6. The highest BCUT2D eigenvalue weighted by Gasteiger charge is 2.56. The number of aliphatic hydroxyl groups is 9. The summed E-state index contributed by atoms with van der Waals surface area (Å²) in [6.07, 6.45) is -24.1. The lowest BCUT2D eigenvalue weighted by Gasteiger charge is -2.46. The first-order valence-electron chi connectivity index (χ1n) is 10.6. The van der Waals surface area contributed by atoms with E-state index in [0.717, 1.165) is 0 Å². The van der Waals surface area contributed by atoms with Crippen LogP contribution >= 0.6 is 0 Å². The fraction of sp³-hybridized carbons (Fsp3) is 1.00. The molecule has 9 saturated heterocycles. The van der Waals surface area contributed by atoms with Crippen molar-refractivity contribution in [1.82, 2.24) is 0 Å². The van der Waals surface area contributed by atoms with Gasteiger partial charge in [-0.3, -0.25) is 0 Å². The third kappa shape index (κ3) is 4.53. The minimum atomic E-state index is -1.81. The molecule has 9 aliphatic rings. The molecule has 9 heterocycles. The highest BCUT2D eigenvalue weighted by molar-refractivity contribution is 4.98. The second-order valence-electron chi connectivity index (χ2n) is 8.42. The second kappa shape index (κ2) is 10.2. The molecule has 33 heavy (non-hydrogen) atoms. The van der Waals surface area contributed by atoms with Crippen molar-refractivity contribution in [1.29, 1.82) is 0 Å². The number of rotatable bonds is 3. The highest BCUT2D eigenvalue weighted by Crippen LogP contribution is 2.35. The summed E-state index contributed by atoms with van der Waals surface area (Å²) in [5.74, 6) is 0. The number of hydrogen-bond acceptors (Lipinski definition) is 15. The molecule has 0 radical (unpaired) electrons. The molecule has 0 spiro atoms. The van der Waals surface area contributed by atoms with Crippen LogP contribution in [-0.2, 0) is 28.4 Å². The summed E-state index contributed by atoms with van der Waals surface area (Å²) in [7, 11) is 0. The second-order valence-corrected chi connectivity index (χ2v) is 8.42. The van der Waals surface area contributed by atoms with Crippen molar-refractivity contribution < 1.29 is 74.4 Å². The van der Waals surface area contributed by atoms with Crippen LogP contribution < -0.4 is 0 Å². The maximum Gasteiger partial charge on any atom is 0.187 e. The third-order valence-electron chi connectivity index (χ3n) is 6.34. The zero-order valence-electron chi connectivity index (χ0n) is 17.3. The van der Waals surface area contributed by atoms with Gasteiger partial charge in [-0.25, -0.2) is 0 Å². The molecule has 0 aromatic heterocycles. The zero-order chi connectivity index (χ0) is 24.0. The molecule has 15 nitrogen and oxygen atoms in total. The maximum absolute atomic E-state index is 10.6. The van der Waals surface area contributed by atoms with Crippen LogP contribution in [0.4, 0.5) is 0 Å². The third-order valence-corrected chi connectivity index (χ3v) is 6.34. The van der Waals surface area contributed by atoms with Gasteiger partial charge in [0.2, 0.25) is 0 Å². The SMILES string of the molecule is OC[C@H]1O[C@@H]2O[C@H]3[C@H](O)[C@@H](O)[C@@H](O[C@H]4[C@H](O)[C@@H](O)[C@@H](O[C@H]1[C@H](O)[C@H]2O)O[C@@H]4CO)O[C@@H]3CO. The Morgan fingerprint density at radius 3 is 0.818 bits per heavy atom. The van der Waals surface area contributed by atoms with E-state index in [2.05, 4.69) is 0 Å². The van der Waals surface area contributed by atoms with Gasteiger partial charge in [0.05, 0.1) is 19.8 Å². The molecule has 9 N–H and O–H groups in total. The van der Waals surface area contributed by atoms with Gasteiger partial charge < -0.3 is 74.4 Å². The Hall–Kier alpha value is -0.600. The van der Waals surface area contributed by atoms with Crippen LogP contribution in [0, 0.1) is 0 Å². The van der Waals surface area contributed by atoms with E-state index in [1.54, 1.807) is 0 Å². The molecular formula is C18H30O15. The normalized spacial score (nSPS) is 55.4. The van der Waals surface area contributed by atoms with E-state index < -0.39 is 112 Å². The molecule has 0 aromatic rings. The molecule has 0 aliphatic carbocycles. The van der Waals surface area contributed by atoms with Crippen molar-refractivity contribution in [3.63, 3.8) is 0 Å². The summed E-state index contributed by atoms with van der Waals surface area (Å²) in [5.41, 5.74) is 0. The summed E-state index contributed by atoms with van der Waals surface area (Å²) in [6.45, 7) is -2.23. The van der Waals surface area contributed by atoms with E-state index in [-0.39, 0.29) is 0 Å². The van der Waals surface area contributed by atoms with Crippen molar-refractivity contribution in [2.45, 2.75) is 92.1 Å². The van der Waals surface area contributed by atoms with Crippen LogP contribution in [0.3, 0.4) is 0 Å². The average molecular weight is 486 g/mol. The Kier molecular flexibility index (Phi) is 7.86. The summed E-state index contributed by atoms with van der Waals surface area (Å²) >= 11 is 0. The van der Waals surface area contributed by atoms with Crippen LogP contribution in [0.2, 0.25) is 0 Å². The molecule has 9 aliphatic heterocycles. The number of aliphatic hydroxyl groups excluding tert-OH is 9. The lowest BCUT2D eigenvalue weighted by Crippen LogP contribution is -2.65. The minimum absolute atomic E-state index is 0.743. The van der Waals surface area contributed by atoms with Gasteiger partial charge in [-0.1, -0.05) is 0 Å². The lowest BCUT2D eigenvalue weighted by molar-refractivity contribution is -0.364. The summed E-state index contributed by atoms with van der Waals surface area (Å²) in [6, 6.07) is 0. The Labute approximate surface area is 187 Å². The Bertz CT molecular complexity index is 563. The molecule has 15 atom stereocenters. The van der Waals surface area contributed by atoms with Crippen LogP contribution in [0.25, 0.3) is 0 Å². The van der Waals surface area contributed by atoms with Gasteiger partial charge in [0.15, 0.2) is 18.9 Å². The van der Waals surface area contributed by atoms with E-state index >= 15 is 0 Å². The van der Waals surface area contributed by atoms with Gasteiger partial charge in [0.1, 0.15) is 73.2 Å². The predicted octanol–water partition coefficient (Wildman–Crippen LogP) is -6.53. The van der Waals surface area contributed by atoms with Crippen molar-refractivity contribution in [3.8, 4) is 0 Å². The summed E-state index contributed by atoms with van der Waals surface area (Å²) in [4.78, 5) is 0. The quantitative estimate of drug-likeness (QED) is 0.180. The molecule has 0 amide bonds. The summed E-state index contributed by atoms with van der Waals surface area (Å²) < 4.78 is 33.1. The molecule has 6 bridgehead atoms. The average Bonchev–Trinajstić information content (AvgIpc) is 2.82. The van der Waals surface area contributed by atoms with Gasteiger partial charge >= 0.3 is 0 Å². The standard InChI is InChI=1S/C18H30O15/c19-1-4-13-7(22)10(25)16(28-4)32-14-5(2-20)30-18(12(27)9(14)24)33-15-6(3-21)29-17(31-13)11(26)8(15)23/h4-27H,1-3H2/t4-,5-,6-,7-,8-,9-,10-,11-,12-,13-,14-,15-,16-,17-,18-/m1/s1. The lowest BCUT2D eigenvalue weighted by atomic mass is 9.97. The van der Waals surface area contributed by atoms with E-state index in [1.807, 2.05) is 0 Å². The van der Waals surface area contributed by atoms with Crippen LogP contribution in [0.15, 0.2) is 0 Å². The molecule has 0 unspecified atom stereocenters. The first-order valence-corrected chi connectivity index (χ1v) is 10.6. The predicted molar refractivity (Wildman–Crippen MR) is 97.9 cm³/mol. The minimum Gasteiger partial charge on any atom is -0.394 e. The topological polar surface area (TPSA) is 237 Å². The molecule has 192 valence electrons. The van der Waals surface area contributed by atoms with E-state index in [9.17, 15) is 46.0 Å². The van der Waals surface area contributed by atoms with Gasteiger partial charge in [0.25, 0.3) is 0 Å². The van der Waals surface area contributed by atoms with Crippen molar-refractivity contribution in [2.24, 2.45) is 0 Å². The largest absolute Gasteiger partial charge is 0.394 e. The van der Waals surface area contributed by atoms with Crippen LogP contribution in [0.5, 0.6) is 0 Å². The van der Waals surface area contributed by atoms with Gasteiger partial charge in [-0.05, 0) is 0 Å². The summed E-state index contributed by atoms with van der Waals surface area (Å²) in [5, 5.41) is 92.8. The molecule has 15 heteroatoms. The van der Waals surface area contributed by atoms with Crippen LogP contribution in [-0.4, -0.2) is 158 Å². The molecule has 0 aromatic carbocycles. The molecule has 0 saturated carbocycles. The van der Waals surface area contributed by atoms with Crippen molar-refractivity contribution in [2.75, 3.05) is 19.8 Å². The van der Waals surface area contributed by atoms with Crippen LogP contribution in [0.1, 0.15) is 0 Å². The van der Waals surface area contributed by atoms with E-state index in [1.165, 1.54) is 0 Å². The van der Waals surface area contributed by atoms with Crippen molar-refractivity contribution >= 4 is 0 Å². The van der Waals surface area contributed by atoms with Crippen molar-refractivity contribution in [3.05, 3.63) is 0 Å². The highest BCUT2D eigenvalue weighted by atomic mass is 16.8. The Morgan fingerprint density at radius 1 is 0.364 bits per heavy atom. The fourth-order valence-electron chi connectivity index (χ4n) is 4.46. The van der Waals surface area contributed by atoms with Gasteiger partial charge in [-0.15, -0.1) is 0 Å². The monoisotopic (exact) mass is 486 g/mol. The molecule has 9 fully saturated rings. The fourth-order valence-corrected chi connectivity index (χ4v) is 4.46. The van der Waals surface area contributed by atoms with E-state index in [4.69, 9.17) is 28.4 Å². The number of hydrogen-bond donors (Lipinski definition) is 9. The Balaban J connectivity index is 1.75. The molecular weight excluding hydrogens is 456 g/mol. The smallest absolute Gasteiger partial charge is 0.187 e. The van der Waals surface area contributed by atoms with E-state index in [0.29, 0.717) is 0 Å². The number of ether oxygens (including phenoxy) is 6. The first kappa shape index (κ1) is 25.5.